The van der Waals surface area contributed by atoms with E-state index in [-0.39, 0.29) is 17.0 Å². The Morgan fingerprint density at radius 3 is 2.18 bits per heavy atom. The van der Waals surface area contributed by atoms with E-state index in [9.17, 15) is 4.79 Å². The summed E-state index contributed by atoms with van der Waals surface area (Å²) < 4.78 is 6.18. The molecule has 4 bridgehead atoms. The van der Waals surface area contributed by atoms with Crippen LogP contribution in [0.3, 0.4) is 0 Å². The zero-order valence-corrected chi connectivity index (χ0v) is 15.2. The second-order valence-electron chi connectivity index (χ2n) is 8.48. The van der Waals surface area contributed by atoms with Crippen LogP contribution in [-0.4, -0.2) is 17.3 Å². The molecule has 0 N–H and O–H groups in total. The predicted molar refractivity (Wildman–Crippen MR) is 93.1 cm³/mol. The van der Waals surface area contributed by atoms with Crippen molar-refractivity contribution in [1.29, 1.82) is 0 Å². The summed E-state index contributed by atoms with van der Waals surface area (Å²) in [5, 5.41) is 0. The first-order valence-corrected chi connectivity index (χ1v) is 9.96. The van der Waals surface area contributed by atoms with Crippen molar-refractivity contribution in [3.05, 3.63) is 0 Å². The minimum Gasteiger partial charge on any atom is -0.459 e. The van der Waals surface area contributed by atoms with Gasteiger partial charge in [-0.05, 0) is 76.0 Å². The van der Waals surface area contributed by atoms with Crippen LogP contribution in [0.1, 0.15) is 78.1 Å². The number of unbranched alkanes of at least 4 members (excludes halogenated alkanes) is 1. The molecule has 4 saturated carbocycles. The monoisotopic (exact) mass is 324 g/mol. The molecule has 4 rings (SSSR count). The first-order chi connectivity index (χ1) is 10.5. The van der Waals surface area contributed by atoms with E-state index in [2.05, 4.69) is 26.5 Å². The van der Waals surface area contributed by atoms with E-state index in [4.69, 9.17) is 4.74 Å². The molecule has 3 heteroatoms. The molecule has 0 spiro atoms. The molecule has 126 valence electrons. The van der Waals surface area contributed by atoms with Gasteiger partial charge in [0.05, 0.1) is 6.42 Å². The van der Waals surface area contributed by atoms with E-state index in [0.29, 0.717) is 12.2 Å². The van der Waals surface area contributed by atoms with Gasteiger partial charge in [0.2, 0.25) is 0 Å². The molecule has 4 aliphatic rings. The van der Waals surface area contributed by atoms with Gasteiger partial charge in [-0.25, -0.2) is 0 Å². The van der Waals surface area contributed by atoms with Crippen LogP contribution in [0.15, 0.2) is 0 Å². The molecule has 0 saturated heterocycles. The van der Waals surface area contributed by atoms with E-state index in [1.807, 2.05) is 0 Å². The third kappa shape index (κ3) is 2.95. The summed E-state index contributed by atoms with van der Waals surface area (Å²) in [5.74, 6) is 3.25. The standard InChI is InChI=1S/C19H32O2S/c1-3-4-6-18(2,21-17(20)5-7-22)19-11-14-8-15(12-19)10-16(9-14)13-19/h14-16,22H,3-13H2,1-2H3. The molecule has 0 amide bonds. The molecule has 22 heavy (non-hydrogen) atoms. The Balaban J connectivity index is 1.83. The second kappa shape index (κ2) is 6.37. The van der Waals surface area contributed by atoms with Crippen LogP contribution in [0.4, 0.5) is 0 Å². The lowest BCUT2D eigenvalue weighted by atomic mass is 9.45. The van der Waals surface area contributed by atoms with Gasteiger partial charge in [-0.2, -0.15) is 12.6 Å². The molecule has 0 aromatic heterocycles. The number of ether oxygens (including phenoxy) is 1. The number of rotatable bonds is 7. The number of carbonyl (C=O) groups is 1. The van der Waals surface area contributed by atoms with E-state index in [0.717, 1.165) is 30.6 Å². The van der Waals surface area contributed by atoms with Crippen molar-refractivity contribution in [2.24, 2.45) is 23.2 Å². The van der Waals surface area contributed by atoms with Crippen LogP contribution < -0.4 is 0 Å². The summed E-state index contributed by atoms with van der Waals surface area (Å²) in [6, 6.07) is 0. The molecule has 4 fully saturated rings. The zero-order valence-electron chi connectivity index (χ0n) is 14.3. The van der Waals surface area contributed by atoms with Crippen LogP contribution in [0.25, 0.3) is 0 Å². The lowest BCUT2D eigenvalue weighted by molar-refractivity contribution is -0.206. The molecule has 0 heterocycles. The number of hydrogen-bond acceptors (Lipinski definition) is 3. The van der Waals surface area contributed by atoms with Crippen LogP contribution in [-0.2, 0) is 9.53 Å². The smallest absolute Gasteiger partial charge is 0.307 e. The van der Waals surface area contributed by atoms with Crippen LogP contribution >= 0.6 is 12.6 Å². The fourth-order valence-corrected chi connectivity index (χ4v) is 6.27. The lowest BCUT2D eigenvalue weighted by Gasteiger charge is -2.62. The summed E-state index contributed by atoms with van der Waals surface area (Å²) in [6.45, 7) is 4.49. The quantitative estimate of drug-likeness (QED) is 0.526. The highest BCUT2D eigenvalue weighted by Gasteiger charge is 2.60. The summed E-state index contributed by atoms with van der Waals surface area (Å²) >= 11 is 4.20. The van der Waals surface area contributed by atoms with Crippen molar-refractivity contribution in [2.75, 3.05) is 5.75 Å². The zero-order chi connectivity index (χ0) is 15.8. The Hall–Kier alpha value is -0.180. The molecule has 2 nitrogen and oxygen atoms in total. The maximum absolute atomic E-state index is 12.2. The SMILES string of the molecule is CCCCC(C)(OC(=O)CCS)C12CC3CC(CC(C3)C1)C2. The van der Waals surface area contributed by atoms with Gasteiger partial charge >= 0.3 is 5.97 Å². The number of esters is 1. The van der Waals surface area contributed by atoms with Gasteiger partial charge in [0, 0.05) is 11.2 Å². The summed E-state index contributed by atoms with van der Waals surface area (Å²) in [7, 11) is 0. The topological polar surface area (TPSA) is 26.3 Å². The fourth-order valence-electron chi connectivity index (χ4n) is 6.09. The molecule has 0 aromatic rings. The first-order valence-electron chi connectivity index (χ1n) is 9.33. The lowest BCUT2D eigenvalue weighted by Crippen LogP contribution is -2.58. The van der Waals surface area contributed by atoms with E-state index >= 15 is 0 Å². The highest BCUT2D eigenvalue weighted by molar-refractivity contribution is 7.80. The maximum Gasteiger partial charge on any atom is 0.307 e. The molecule has 0 aromatic carbocycles. The Labute approximate surface area is 141 Å². The minimum atomic E-state index is -0.251. The van der Waals surface area contributed by atoms with Gasteiger partial charge in [-0.3, -0.25) is 4.79 Å². The van der Waals surface area contributed by atoms with Gasteiger partial charge in [0.25, 0.3) is 0 Å². The van der Waals surface area contributed by atoms with Crippen molar-refractivity contribution in [3.63, 3.8) is 0 Å². The number of thiol groups is 1. The third-order valence-electron chi connectivity index (χ3n) is 6.82. The predicted octanol–water partition coefficient (Wildman–Crippen LogP) is 5.01. The Morgan fingerprint density at radius 1 is 1.18 bits per heavy atom. The molecular weight excluding hydrogens is 292 g/mol. The number of hydrogen-bond donors (Lipinski definition) is 1. The largest absolute Gasteiger partial charge is 0.459 e. The fraction of sp³-hybridized carbons (Fsp3) is 0.947. The van der Waals surface area contributed by atoms with E-state index in [1.165, 1.54) is 44.9 Å². The van der Waals surface area contributed by atoms with E-state index < -0.39 is 0 Å². The van der Waals surface area contributed by atoms with Crippen molar-refractivity contribution in [3.8, 4) is 0 Å². The van der Waals surface area contributed by atoms with E-state index in [1.54, 1.807) is 0 Å². The summed E-state index contributed by atoms with van der Waals surface area (Å²) in [5.41, 5.74) is 0.0161. The van der Waals surface area contributed by atoms with Gasteiger partial charge in [0.1, 0.15) is 5.60 Å². The van der Waals surface area contributed by atoms with Crippen LogP contribution in [0, 0.1) is 23.2 Å². The molecule has 1 unspecified atom stereocenters. The van der Waals surface area contributed by atoms with Crippen molar-refractivity contribution < 1.29 is 9.53 Å². The summed E-state index contributed by atoms with van der Waals surface area (Å²) in [4.78, 5) is 12.2. The normalized spacial score (nSPS) is 38.8. The van der Waals surface area contributed by atoms with Crippen molar-refractivity contribution in [2.45, 2.75) is 83.7 Å². The molecule has 4 aliphatic carbocycles. The number of carbonyl (C=O) groups excluding carboxylic acids is 1. The average molecular weight is 325 g/mol. The highest BCUT2D eigenvalue weighted by Crippen LogP contribution is 2.65. The van der Waals surface area contributed by atoms with Gasteiger partial charge in [0.15, 0.2) is 0 Å². The van der Waals surface area contributed by atoms with Crippen LogP contribution in [0.5, 0.6) is 0 Å². The Morgan fingerprint density at radius 2 is 1.73 bits per heavy atom. The second-order valence-corrected chi connectivity index (χ2v) is 8.93. The van der Waals surface area contributed by atoms with Crippen LogP contribution in [0.2, 0.25) is 0 Å². The molecular formula is C19H32O2S. The Bertz CT molecular complexity index is 384. The third-order valence-corrected chi connectivity index (χ3v) is 7.05. The van der Waals surface area contributed by atoms with Crippen molar-refractivity contribution >= 4 is 18.6 Å². The molecule has 0 aliphatic heterocycles. The van der Waals surface area contributed by atoms with Gasteiger partial charge < -0.3 is 4.74 Å². The van der Waals surface area contributed by atoms with Gasteiger partial charge in [-0.1, -0.05) is 13.3 Å². The Kier molecular flexibility index (Phi) is 4.83. The van der Waals surface area contributed by atoms with Crippen molar-refractivity contribution in [1.82, 2.24) is 0 Å². The minimum absolute atomic E-state index is 0.0376. The average Bonchev–Trinajstić information content (AvgIpc) is 2.43. The first kappa shape index (κ1) is 16.7. The highest BCUT2D eigenvalue weighted by atomic mass is 32.1. The summed E-state index contributed by atoms with van der Waals surface area (Å²) in [6.07, 6.45) is 12.0. The molecule has 0 radical (unpaired) electrons. The van der Waals surface area contributed by atoms with Gasteiger partial charge in [-0.15, -0.1) is 0 Å². The molecule has 1 atom stereocenters. The maximum atomic E-state index is 12.2.